The van der Waals surface area contributed by atoms with Gasteiger partial charge in [-0.3, -0.25) is 0 Å². The maximum Gasteiger partial charge on any atom is 0.127 e. The molecule has 1 aromatic carbocycles. The molecule has 1 heterocycles. The Morgan fingerprint density at radius 2 is 2.21 bits per heavy atom. The molecule has 0 amide bonds. The van der Waals surface area contributed by atoms with Gasteiger partial charge in [-0.1, -0.05) is 31.9 Å². The van der Waals surface area contributed by atoms with Gasteiger partial charge in [-0.15, -0.1) is 0 Å². The first-order valence-electron chi connectivity index (χ1n) is 7.04. The molecule has 1 aliphatic carbocycles. The van der Waals surface area contributed by atoms with Crippen LogP contribution in [0.5, 0.6) is 0 Å². The average Bonchev–Trinajstić information content (AvgIpc) is 3.17. The van der Waals surface area contributed by atoms with Crippen LogP contribution in [0, 0.1) is 5.92 Å². The summed E-state index contributed by atoms with van der Waals surface area (Å²) in [5.74, 6) is 1.46. The first-order chi connectivity index (χ1) is 9.11. The van der Waals surface area contributed by atoms with Crippen LogP contribution in [0.2, 0.25) is 5.02 Å². The highest BCUT2D eigenvalue weighted by molar-refractivity contribution is 6.31. The molecule has 0 radical (unpaired) electrons. The molecule has 2 N–H and O–H groups in total. The molecule has 3 rings (SSSR count). The summed E-state index contributed by atoms with van der Waals surface area (Å²) in [5.41, 5.74) is 8.53. The lowest BCUT2D eigenvalue weighted by Gasteiger charge is -2.19. The number of hydrogen-bond acceptors (Lipinski definition) is 2. The number of nitrogens with two attached hydrogens (primary N) is 1. The van der Waals surface area contributed by atoms with E-state index in [-0.39, 0.29) is 6.04 Å². The van der Waals surface area contributed by atoms with Gasteiger partial charge in [0.05, 0.1) is 17.1 Å². The smallest absolute Gasteiger partial charge is 0.127 e. The van der Waals surface area contributed by atoms with Crippen LogP contribution in [0.4, 0.5) is 0 Å². The highest BCUT2D eigenvalue weighted by Gasteiger charge is 2.31. The van der Waals surface area contributed by atoms with Crippen molar-refractivity contribution in [1.29, 1.82) is 0 Å². The standard InChI is InChI=1S/C15H20ClN3/c1-3-9(2)14(17)15-18-12-8-10(16)4-7-13(12)19(15)11-5-6-11/h4,7-9,11,14H,3,5-6,17H2,1-2H3. The Morgan fingerprint density at radius 1 is 1.47 bits per heavy atom. The number of rotatable bonds is 4. The zero-order valence-electron chi connectivity index (χ0n) is 11.4. The summed E-state index contributed by atoms with van der Waals surface area (Å²) in [5, 5.41) is 0.733. The second kappa shape index (κ2) is 4.80. The molecule has 19 heavy (non-hydrogen) atoms. The van der Waals surface area contributed by atoms with Gasteiger partial charge in [0.1, 0.15) is 5.82 Å². The molecule has 2 aromatic rings. The number of fused-ring (bicyclic) bond motifs is 1. The zero-order chi connectivity index (χ0) is 13.6. The molecular formula is C15H20ClN3. The van der Waals surface area contributed by atoms with Gasteiger partial charge in [0, 0.05) is 11.1 Å². The molecule has 1 aliphatic rings. The van der Waals surface area contributed by atoms with Crippen LogP contribution in [-0.2, 0) is 0 Å². The largest absolute Gasteiger partial charge is 0.324 e. The Labute approximate surface area is 118 Å². The molecular weight excluding hydrogens is 258 g/mol. The second-order valence-electron chi connectivity index (χ2n) is 5.62. The van der Waals surface area contributed by atoms with E-state index in [1.807, 2.05) is 12.1 Å². The topological polar surface area (TPSA) is 43.8 Å². The fourth-order valence-electron chi connectivity index (χ4n) is 2.55. The Kier molecular flexibility index (Phi) is 3.27. The van der Waals surface area contributed by atoms with Gasteiger partial charge in [0.15, 0.2) is 0 Å². The lowest BCUT2D eigenvalue weighted by molar-refractivity contribution is 0.425. The third-order valence-corrected chi connectivity index (χ3v) is 4.38. The molecule has 1 fully saturated rings. The van der Waals surface area contributed by atoms with Gasteiger partial charge in [-0.25, -0.2) is 4.98 Å². The van der Waals surface area contributed by atoms with Crippen molar-refractivity contribution in [3.8, 4) is 0 Å². The summed E-state index contributed by atoms with van der Waals surface area (Å²) in [6.45, 7) is 4.36. The monoisotopic (exact) mass is 277 g/mol. The van der Waals surface area contributed by atoms with Gasteiger partial charge >= 0.3 is 0 Å². The van der Waals surface area contributed by atoms with Crippen LogP contribution in [-0.4, -0.2) is 9.55 Å². The lowest BCUT2D eigenvalue weighted by atomic mass is 9.99. The first kappa shape index (κ1) is 12.9. The quantitative estimate of drug-likeness (QED) is 0.915. The molecule has 102 valence electrons. The summed E-state index contributed by atoms with van der Waals surface area (Å²) in [7, 11) is 0. The van der Waals surface area contributed by atoms with E-state index in [1.54, 1.807) is 0 Å². The summed E-state index contributed by atoms with van der Waals surface area (Å²) < 4.78 is 2.34. The minimum atomic E-state index is -0.00299. The minimum absolute atomic E-state index is 0.00299. The zero-order valence-corrected chi connectivity index (χ0v) is 12.2. The molecule has 1 aromatic heterocycles. The van der Waals surface area contributed by atoms with Crippen LogP contribution in [0.1, 0.15) is 51.0 Å². The summed E-state index contributed by atoms with van der Waals surface area (Å²) >= 11 is 6.06. The van der Waals surface area contributed by atoms with E-state index < -0.39 is 0 Å². The van der Waals surface area contributed by atoms with Crippen LogP contribution in [0.3, 0.4) is 0 Å². The van der Waals surface area contributed by atoms with Crippen molar-refractivity contribution < 1.29 is 0 Å². The molecule has 0 aliphatic heterocycles. The molecule has 4 heteroatoms. The summed E-state index contributed by atoms with van der Waals surface area (Å²) in [4.78, 5) is 4.76. The van der Waals surface area contributed by atoms with Crippen molar-refractivity contribution in [3.05, 3.63) is 29.0 Å². The number of hydrogen-bond donors (Lipinski definition) is 1. The van der Waals surface area contributed by atoms with Crippen molar-refractivity contribution >= 4 is 22.6 Å². The van der Waals surface area contributed by atoms with Crippen LogP contribution >= 0.6 is 11.6 Å². The molecule has 2 unspecified atom stereocenters. The Bertz CT molecular complexity index is 601. The predicted octanol–water partition coefficient (Wildman–Crippen LogP) is 4.07. The summed E-state index contributed by atoms with van der Waals surface area (Å²) in [6, 6.07) is 6.51. The molecule has 1 saturated carbocycles. The number of aromatic nitrogens is 2. The molecule has 0 bridgehead atoms. The minimum Gasteiger partial charge on any atom is -0.324 e. The van der Waals surface area contributed by atoms with Crippen molar-refractivity contribution in [3.63, 3.8) is 0 Å². The number of halogens is 1. The average molecular weight is 278 g/mol. The van der Waals surface area contributed by atoms with E-state index in [0.29, 0.717) is 12.0 Å². The fourth-order valence-corrected chi connectivity index (χ4v) is 2.72. The molecule has 2 atom stereocenters. The van der Waals surface area contributed by atoms with E-state index in [4.69, 9.17) is 22.3 Å². The Morgan fingerprint density at radius 3 is 2.84 bits per heavy atom. The van der Waals surface area contributed by atoms with E-state index in [1.165, 1.54) is 18.4 Å². The maximum absolute atomic E-state index is 6.40. The molecule has 0 spiro atoms. The van der Waals surface area contributed by atoms with E-state index >= 15 is 0 Å². The van der Waals surface area contributed by atoms with Crippen molar-refractivity contribution in [2.24, 2.45) is 11.7 Å². The van der Waals surface area contributed by atoms with Crippen molar-refractivity contribution in [1.82, 2.24) is 9.55 Å². The third kappa shape index (κ3) is 2.26. The molecule has 0 saturated heterocycles. The maximum atomic E-state index is 6.40. The van der Waals surface area contributed by atoms with Crippen LogP contribution in [0.15, 0.2) is 18.2 Å². The number of imidazole rings is 1. The second-order valence-corrected chi connectivity index (χ2v) is 6.05. The van der Waals surface area contributed by atoms with Gasteiger partial charge < -0.3 is 10.3 Å². The first-order valence-corrected chi connectivity index (χ1v) is 7.42. The predicted molar refractivity (Wildman–Crippen MR) is 79.4 cm³/mol. The van der Waals surface area contributed by atoms with E-state index in [0.717, 1.165) is 22.8 Å². The highest BCUT2D eigenvalue weighted by atomic mass is 35.5. The van der Waals surface area contributed by atoms with Crippen LogP contribution in [0.25, 0.3) is 11.0 Å². The van der Waals surface area contributed by atoms with Gasteiger partial charge in [-0.2, -0.15) is 0 Å². The Balaban J connectivity index is 2.14. The van der Waals surface area contributed by atoms with Gasteiger partial charge in [0.25, 0.3) is 0 Å². The van der Waals surface area contributed by atoms with Crippen molar-refractivity contribution in [2.45, 2.75) is 45.2 Å². The van der Waals surface area contributed by atoms with Crippen LogP contribution < -0.4 is 5.73 Å². The highest BCUT2D eigenvalue weighted by Crippen LogP contribution is 2.41. The Hall–Kier alpha value is -1.06. The normalized spacial score (nSPS) is 18.7. The van der Waals surface area contributed by atoms with E-state index in [2.05, 4.69) is 24.5 Å². The SMILES string of the molecule is CCC(C)C(N)c1nc2cc(Cl)ccc2n1C1CC1. The van der Waals surface area contributed by atoms with E-state index in [9.17, 15) is 0 Å². The van der Waals surface area contributed by atoms with Gasteiger partial charge in [-0.05, 0) is 37.0 Å². The van der Waals surface area contributed by atoms with Gasteiger partial charge in [0.2, 0.25) is 0 Å². The third-order valence-electron chi connectivity index (χ3n) is 4.15. The summed E-state index contributed by atoms with van der Waals surface area (Å²) in [6.07, 6.45) is 3.53. The lowest BCUT2D eigenvalue weighted by Crippen LogP contribution is -2.22. The molecule has 3 nitrogen and oxygen atoms in total. The fraction of sp³-hybridized carbons (Fsp3) is 0.533. The number of nitrogens with zero attached hydrogens (tertiary/aromatic N) is 2. The number of benzene rings is 1. The van der Waals surface area contributed by atoms with Crippen molar-refractivity contribution in [2.75, 3.05) is 0 Å².